The summed E-state index contributed by atoms with van der Waals surface area (Å²) in [6, 6.07) is 20.4. The minimum absolute atomic E-state index is 0.0606. The maximum atomic E-state index is 10.6. The van der Waals surface area contributed by atoms with Gasteiger partial charge in [0.25, 0.3) is 0 Å². The molecule has 0 radical (unpaired) electrons. The molecule has 0 amide bonds. The number of carbonyl (C=O) groups is 1. The summed E-state index contributed by atoms with van der Waals surface area (Å²) in [4.78, 5) is 10.6. The lowest BCUT2D eigenvalue weighted by Gasteiger charge is -2.44. The van der Waals surface area contributed by atoms with E-state index in [1.165, 1.54) is 0 Å². The van der Waals surface area contributed by atoms with E-state index in [-0.39, 0.29) is 30.5 Å². The van der Waals surface area contributed by atoms with Gasteiger partial charge in [0.15, 0.2) is 6.29 Å². The Bertz CT molecular complexity index is 872. The number of hydrogen-bond acceptors (Lipinski definition) is 5. The first-order valence-electron chi connectivity index (χ1n) is 13.8. The SMILES string of the molecule is C[C@H]1[C@H](C)[C@@H](COCc2ccccc2)O[C@H](OCCCCCCCCC(=O)O)[C@@H]1OCc1ccccc1. The van der Waals surface area contributed by atoms with Crippen molar-refractivity contribution < 1.29 is 28.8 Å². The molecule has 3 rings (SSSR count). The van der Waals surface area contributed by atoms with Crippen molar-refractivity contribution in [2.24, 2.45) is 11.8 Å². The van der Waals surface area contributed by atoms with E-state index in [9.17, 15) is 4.79 Å². The average molecular weight is 513 g/mol. The van der Waals surface area contributed by atoms with Crippen LogP contribution in [-0.2, 0) is 37.0 Å². The van der Waals surface area contributed by atoms with Crippen molar-refractivity contribution in [3.63, 3.8) is 0 Å². The van der Waals surface area contributed by atoms with E-state index in [4.69, 9.17) is 24.1 Å². The zero-order chi connectivity index (χ0) is 26.3. The summed E-state index contributed by atoms with van der Waals surface area (Å²) in [5.74, 6) is -0.193. The second kappa shape index (κ2) is 16.6. The third-order valence-corrected chi connectivity index (χ3v) is 7.26. The maximum absolute atomic E-state index is 10.6. The van der Waals surface area contributed by atoms with Gasteiger partial charge in [-0.3, -0.25) is 4.79 Å². The topological polar surface area (TPSA) is 74.2 Å². The molecule has 0 aliphatic carbocycles. The molecule has 0 aromatic heterocycles. The standard InChI is InChI=1S/C31H44O6/c1-24-25(2)30(36-22-27-17-11-8-12-18-27)31(35-20-14-6-4-3-5-13-19-29(32)33)37-28(24)23-34-21-26-15-9-7-10-16-26/h7-12,15-18,24-25,28,30-31H,3-6,13-14,19-23H2,1-2H3,(H,32,33)/t24-,25-,28+,30+,31-/m0/s1. The quantitative estimate of drug-likeness (QED) is 0.240. The van der Waals surface area contributed by atoms with Gasteiger partial charge in [-0.15, -0.1) is 0 Å². The van der Waals surface area contributed by atoms with Crippen molar-refractivity contribution in [2.45, 2.75) is 90.5 Å². The van der Waals surface area contributed by atoms with E-state index < -0.39 is 12.3 Å². The lowest BCUT2D eigenvalue weighted by Crippen LogP contribution is -2.52. The molecule has 37 heavy (non-hydrogen) atoms. The molecule has 5 atom stereocenters. The number of rotatable bonds is 17. The van der Waals surface area contributed by atoms with Gasteiger partial charge in [0.05, 0.1) is 25.9 Å². The molecule has 0 spiro atoms. The van der Waals surface area contributed by atoms with Gasteiger partial charge in [-0.2, -0.15) is 0 Å². The largest absolute Gasteiger partial charge is 0.481 e. The molecule has 1 aliphatic rings. The second-order valence-electron chi connectivity index (χ2n) is 10.2. The normalized spacial score (nSPS) is 23.7. The zero-order valence-electron chi connectivity index (χ0n) is 22.4. The molecule has 0 saturated carbocycles. The van der Waals surface area contributed by atoms with Gasteiger partial charge in [0.2, 0.25) is 0 Å². The van der Waals surface area contributed by atoms with Gasteiger partial charge in [-0.25, -0.2) is 0 Å². The van der Waals surface area contributed by atoms with Gasteiger partial charge in [-0.1, -0.05) is 100 Å². The highest BCUT2D eigenvalue weighted by Gasteiger charge is 2.42. The molecule has 6 heteroatoms. The Kier molecular flexibility index (Phi) is 13.1. The second-order valence-corrected chi connectivity index (χ2v) is 10.2. The predicted octanol–water partition coefficient (Wildman–Crippen LogP) is 6.62. The fourth-order valence-electron chi connectivity index (χ4n) is 4.73. The third kappa shape index (κ3) is 10.6. The van der Waals surface area contributed by atoms with E-state index >= 15 is 0 Å². The van der Waals surface area contributed by atoms with Crippen LogP contribution in [0.1, 0.15) is 69.9 Å². The first kappa shape index (κ1) is 29.3. The predicted molar refractivity (Wildman–Crippen MR) is 144 cm³/mol. The highest BCUT2D eigenvalue weighted by molar-refractivity contribution is 5.66. The van der Waals surface area contributed by atoms with Crippen LogP contribution < -0.4 is 0 Å². The first-order chi connectivity index (χ1) is 18.0. The summed E-state index contributed by atoms with van der Waals surface area (Å²) < 4.78 is 25.2. The molecule has 0 unspecified atom stereocenters. The molecular weight excluding hydrogens is 468 g/mol. The monoisotopic (exact) mass is 512 g/mol. The minimum Gasteiger partial charge on any atom is -0.481 e. The smallest absolute Gasteiger partial charge is 0.303 e. The zero-order valence-corrected chi connectivity index (χ0v) is 22.4. The summed E-state index contributed by atoms with van der Waals surface area (Å²) in [5, 5.41) is 8.74. The van der Waals surface area contributed by atoms with Gasteiger partial charge < -0.3 is 24.1 Å². The molecule has 1 fully saturated rings. The van der Waals surface area contributed by atoms with Crippen molar-refractivity contribution in [1.29, 1.82) is 0 Å². The van der Waals surface area contributed by atoms with Crippen molar-refractivity contribution in [3.05, 3.63) is 71.8 Å². The van der Waals surface area contributed by atoms with Crippen LogP contribution in [0.4, 0.5) is 0 Å². The number of hydrogen-bond donors (Lipinski definition) is 1. The molecule has 2 aromatic carbocycles. The fraction of sp³-hybridized carbons (Fsp3) is 0.581. The molecule has 1 N–H and O–H groups in total. The molecule has 6 nitrogen and oxygen atoms in total. The molecule has 1 heterocycles. The van der Waals surface area contributed by atoms with E-state index in [1.54, 1.807) is 0 Å². The van der Waals surface area contributed by atoms with E-state index in [0.29, 0.717) is 26.4 Å². The van der Waals surface area contributed by atoms with Crippen LogP contribution in [0.5, 0.6) is 0 Å². The van der Waals surface area contributed by atoms with Crippen molar-refractivity contribution in [2.75, 3.05) is 13.2 Å². The number of aliphatic carboxylic acids is 1. The summed E-state index contributed by atoms with van der Waals surface area (Å²) in [5.41, 5.74) is 2.29. The van der Waals surface area contributed by atoms with Gasteiger partial charge in [0.1, 0.15) is 6.10 Å². The van der Waals surface area contributed by atoms with Crippen molar-refractivity contribution >= 4 is 5.97 Å². The van der Waals surface area contributed by atoms with E-state index in [2.05, 4.69) is 38.1 Å². The van der Waals surface area contributed by atoms with Crippen LogP contribution >= 0.6 is 0 Å². The fourth-order valence-corrected chi connectivity index (χ4v) is 4.73. The Morgan fingerprint density at radius 2 is 1.38 bits per heavy atom. The molecule has 1 aliphatic heterocycles. The highest BCUT2D eigenvalue weighted by Crippen LogP contribution is 2.34. The van der Waals surface area contributed by atoms with Crippen LogP contribution in [0.15, 0.2) is 60.7 Å². The van der Waals surface area contributed by atoms with Crippen LogP contribution in [0.2, 0.25) is 0 Å². The summed E-state index contributed by atoms with van der Waals surface area (Å²) >= 11 is 0. The van der Waals surface area contributed by atoms with Gasteiger partial charge in [0, 0.05) is 13.0 Å². The minimum atomic E-state index is -0.711. The van der Waals surface area contributed by atoms with Crippen molar-refractivity contribution in [1.82, 2.24) is 0 Å². The number of carboxylic acid groups (broad SMARTS) is 1. The van der Waals surface area contributed by atoms with Crippen LogP contribution in [-0.4, -0.2) is 42.8 Å². The van der Waals surface area contributed by atoms with Crippen LogP contribution in [0.3, 0.4) is 0 Å². The Morgan fingerprint density at radius 1 is 0.784 bits per heavy atom. The molecule has 204 valence electrons. The van der Waals surface area contributed by atoms with Crippen LogP contribution in [0, 0.1) is 11.8 Å². The van der Waals surface area contributed by atoms with Crippen LogP contribution in [0.25, 0.3) is 0 Å². The molecule has 0 bridgehead atoms. The number of carboxylic acids is 1. The molecule has 2 aromatic rings. The Balaban J connectivity index is 1.48. The maximum Gasteiger partial charge on any atom is 0.303 e. The van der Waals surface area contributed by atoms with E-state index in [1.807, 2.05) is 36.4 Å². The van der Waals surface area contributed by atoms with Gasteiger partial charge >= 0.3 is 5.97 Å². The Morgan fingerprint density at radius 3 is 2.03 bits per heavy atom. The van der Waals surface area contributed by atoms with Gasteiger partial charge in [-0.05, 0) is 35.8 Å². The third-order valence-electron chi connectivity index (χ3n) is 7.26. The summed E-state index contributed by atoms with van der Waals surface area (Å²) in [7, 11) is 0. The average Bonchev–Trinajstić information content (AvgIpc) is 2.91. The Labute approximate surface area is 222 Å². The highest BCUT2D eigenvalue weighted by atomic mass is 16.7. The number of ether oxygens (including phenoxy) is 4. The first-order valence-corrected chi connectivity index (χ1v) is 13.8. The molecule has 1 saturated heterocycles. The summed E-state index contributed by atoms with van der Waals surface area (Å²) in [6.45, 7) is 6.65. The Hall–Kier alpha value is -2.25. The van der Waals surface area contributed by atoms with Crippen molar-refractivity contribution in [3.8, 4) is 0 Å². The number of benzene rings is 2. The lowest BCUT2D eigenvalue weighted by molar-refractivity contribution is -0.289. The van der Waals surface area contributed by atoms with E-state index in [0.717, 1.165) is 49.7 Å². The number of unbranched alkanes of at least 4 members (excludes halogenated alkanes) is 5. The lowest BCUT2D eigenvalue weighted by atomic mass is 9.83. The summed E-state index contributed by atoms with van der Waals surface area (Å²) in [6.07, 6.45) is 5.49. The molecular formula is C31H44O6.